The Morgan fingerprint density at radius 2 is 2.13 bits per heavy atom. The molecule has 2 aromatic rings. The molecule has 7 heteroatoms. The van der Waals surface area contributed by atoms with Crippen molar-refractivity contribution < 1.29 is 8.42 Å². The molecule has 0 unspecified atom stereocenters. The minimum atomic E-state index is -3.27. The molecule has 0 aliphatic carbocycles. The quantitative estimate of drug-likeness (QED) is 0.928. The highest BCUT2D eigenvalue weighted by Gasteiger charge is 2.30. The molecule has 1 aliphatic heterocycles. The Morgan fingerprint density at radius 3 is 2.83 bits per heavy atom. The highest BCUT2D eigenvalue weighted by molar-refractivity contribution is 7.90. The molecule has 3 heterocycles. The van der Waals surface area contributed by atoms with Crippen molar-refractivity contribution in [1.29, 1.82) is 0 Å². The van der Waals surface area contributed by atoms with Crippen LogP contribution in [0.5, 0.6) is 0 Å². The summed E-state index contributed by atoms with van der Waals surface area (Å²) in [6.45, 7) is 3.68. The maximum absolute atomic E-state index is 12.0. The number of sulfone groups is 1. The van der Waals surface area contributed by atoms with Gasteiger partial charge in [0.25, 0.3) is 0 Å². The molecule has 0 amide bonds. The summed E-state index contributed by atoms with van der Waals surface area (Å²) in [6, 6.07) is 4.14. The number of piperidine rings is 1. The number of aromatic nitrogens is 3. The molecule has 23 heavy (non-hydrogen) atoms. The van der Waals surface area contributed by atoms with Gasteiger partial charge in [-0.15, -0.1) is 0 Å². The maximum atomic E-state index is 12.0. The third-order valence-corrected chi connectivity index (χ3v) is 5.46. The Morgan fingerprint density at radius 1 is 1.30 bits per heavy atom. The van der Waals surface area contributed by atoms with E-state index in [1.165, 1.54) is 12.5 Å². The minimum Gasteiger partial charge on any atom is -0.290 e. The lowest BCUT2D eigenvalue weighted by Gasteiger charge is -2.35. The molecule has 0 bridgehead atoms. The van der Waals surface area contributed by atoms with Crippen molar-refractivity contribution in [2.45, 2.75) is 43.7 Å². The zero-order chi connectivity index (χ0) is 16.4. The summed E-state index contributed by atoms with van der Waals surface area (Å²) >= 11 is 0. The Hall–Kier alpha value is -1.73. The van der Waals surface area contributed by atoms with E-state index in [9.17, 15) is 8.42 Å². The number of hydrogen-bond acceptors (Lipinski definition) is 5. The van der Waals surface area contributed by atoms with Gasteiger partial charge in [0.05, 0.1) is 17.9 Å². The minimum absolute atomic E-state index is 0.0530. The average Bonchev–Trinajstić information content (AvgIpc) is 3.00. The van der Waals surface area contributed by atoms with Crippen LogP contribution < -0.4 is 0 Å². The van der Waals surface area contributed by atoms with E-state index in [-0.39, 0.29) is 6.04 Å². The van der Waals surface area contributed by atoms with E-state index in [1.54, 1.807) is 0 Å². The van der Waals surface area contributed by atoms with E-state index in [1.807, 2.05) is 19.2 Å². The second kappa shape index (κ2) is 6.41. The van der Waals surface area contributed by atoms with E-state index in [0.717, 1.165) is 43.6 Å². The molecule has 1 atom stereocenters. The van der Waals surface area contributed by atoms with Gasteiger partial charge in [-0.3, -0.25) is 15.0 Å². The maximum Gasteiger partial charge on any atom is 0.178 e. The molecule has 0 spiro atoms. The largest absolute Gasteiger partial charge is 0.290 e. The van der Waals surface area contributed by atoms with Gasteiger partial charge in [-0.05, 0) is 37.9 Å². The fraction of sp³-hybridized carbons (Fsp3) is 0.500. The molecule has 3 rings (SSSR count). The van der Waals surface area contributed by atoms with Gasteiger partial charge in [0.15, 0.2) is 9.84 Å². The summed E-state index contributed by atoms with van der Waals surface area (Å²) in [6.07, 6.45) is 7.70. The Kier molecular flexibility index (Phi) is 4.50. The lowest BCUT2D eigenvalue weighted by Crippen LogP contribution is -2.33. The van der Waals surface area contributed by atoms with Gasteiger partial charge in [-0.2, -0.15) is 5.10 Å². The summed E-state index contributed by atoms with van der Waals surface area (Å²) in [7, 11) is -3.27. The molecule has 0 saturated carbocycles. The third kappa shape index (κ3) is 3.61. The molecule has 1 fully saturated rings. The molecule has 1 aliphatic rings. The van der Waals surface area contributed by atoms with Gasteiger partial charge in [0.2, 0.25) is 0 Å². The number of aryl methyl sites for hydroxylation is 1. The number of nitrogens with zero attached hydrogens (tertiary/aromatic N) is 3. The SMILES string of the molecule is Cc1ccc(CN2CCCC[C@@H]2c2[nH]ncc2S(C)(=O)=O)cn1. The van der Waals surface area contributed by atoms with Gasteiger partial charge in [0.1, 0.15) is 4.90 Å². The van der Waals surface area contributed by atoms with Crippen molar-refractivity contribution in [3.8, 4) is 0 Å². The summed E-state index contributed by atoms with van der Waals surface area (Å²) in [5, 5.41) is 6.89. The highest BCUT2D eigenvalue weighted by atomic mass is 32.2. The molecule has 1 saturated heterocycles. The van der Waals surface area contributed by atoms with E-state index in [0.29, 0.717) is 10.6 Å². The lowest BCUT2D eigenvalue weighted by molar-refractivity contribution is 0.135. The summed E-state index contributed by atoms with van der Waals surface area (Å²) in [5.74, 6) is 0. The first-order valence-corrected chi connectivity index (χ1v) is 9.73. The molecule has 0 radical (unpaired) electrons. The first-order chi connectivity index (χ1) is 10.9. The Balaban J connectivity index is 1.87. The normalized spacial score (nSPS) is 19.8. The van der Waals surface area contributed by atoms with Gasteiger partial charge in [0, 0.05) is 24.7 Å². The highest BCUT2D eigenvalue weighted by Crippen LogP contribution is 2.34. The van der Waals surface area contributed by atoms with Crippen LogP contribution in [-0.2, 0) is 16.4 Å². The van der Waals surface area contributed by atoms with Crippen LogP contribution in [-0.4, -0.2) is 41.3 Å². The predicted octanol–water partition coefficient (Wildman–Crippen LogP) is 2.24. The van der Waals surface area contributed by atoms with Crippen molar-refractivity contribution >= 4 is 9.84 Å². The van der Waals surface area contributed by atoms with E-state index in [2.05, 4.69) is 26.1 Å². The first-order valence-electron chi connectivity index (χ1n) is 7.84. The van der Waals surface area contributed by atoms with E-state index < -0.39 is 9.84 Å². The number of likely N-dealkylation sites (tertiary alicyclic amines) is 1. The standard InChI is InChI=1S/C16H22N4O2S/c1-12-6-7-13(9-17-12)11-20-8-4-3-5-14(20)16-15(10-18-19-16)23(2,21)22/h6-7,9-10,14H,3-5,8,11H2,1-2H3,(H,18,19)/t14-/m1/s1. The summed E-state index contributed by atoms with van der Waals surface area (Å²) in [5.41, 5.74) is 2.85. The van der Waals surface area contributed by atoms with Crippen molar-refractivity contribution in [2.75, 3.05) is 12.8 Å². The Labute approximate surface area is 136 Å². The lowest BCUT2D eigenvalue weighted by atomic mass is 9.98. The monoisotopic (exact) mass is 334 g/mol. The van der Waals surface area contributed by atoms with Gasteiger partial charge < -0.3 is 0 Å². The molecule has 2 aromatic heterocycles. The van der Waals surface area contributed by atoms with Gasteiger partial charge >= 0.3 is 0 Å². The van der Waals surface area contributed by atoms with Crippen LogP contribution in [0.3, 0.4) is 0 Å². The Bertz CT molecular complexity index is 768. The number of H-pyrrole nitrogens is 1. The van der Waals surface area contributed by atoms with E-state index in [4.69, 9.17) is 0 Å². The van der Waals surface area contributed by atoms with Gasteiger partial charge in [-0.1, -0.05) is 12.5 Å². The number of rotatable bonds is 4. The smallest absolute Gasteiger partial charge is 0.178 e. The fourth-order valence-corrected chi connectivity index (χ4v) is 3.98. The topological polar surface area (TPSA) is 79.0 Å². The second-order valence-electron chi connectivity index (χ2n) is 6.21. The molecule has 0 aromatic carbocycles. The van der Waals surface area contributed by atoms with Crippen molar-refractivity contribution in [3.63, 3.8) is 0 Å². The molecule has 6 nitrogen and oxygen atoms in total. The third-order valence-electron chi connectivity index (χ3n) is 4.34. The summed E-state index contributed by atoms with van der Waals surface area (Å²) < 4.78 is 23.9. The first kappa shape index (κ1) is 16.1. The van der Waals surface area contributed by atoms with Crippen molar-refractivity contribution in [2.24, 2.45) is 0 Å². The molecular weight excluding hydrogens is 312 g/mol. The van der Waals surface area contributed by atoms with Crippen LogP contribution >= 0.6 is 0 Å². The van der Waals surface area contributed by atoms with Crippen LogP contribution in [0.15, 0.2) is 29.4 Å². The van der Waals surface area contributed by atoms with Crippen LogP contribution in [0.1, 0.15) is 42.3 Å². The van der Waals surface area contributed by atoms with Crippen LogP contribution in [0, 0.1) is 6.92 Å². The number of aromatic amines is 1. The van der Waals surface area contributed by atoms with Crippen LogP contribution in [0.2, 0.25) is 0 Å². The van der Waals surface area contributed by atoms with Gasteiger partial charge in [-0.25, -0.2) is 8.42 Å². The molecule has 1 N–H and O–H groups in total. The molecular formula is C16H22N4O2S. The average molecular weight is 334 g/mol. The number of hydrogen-bond donors (Lipinski definition) is 1. The van der Waals surface area contributed by atoms with Crippen molar-refractivity contribution in [1.82, 2.24) is 20.1 Å². The summed E-state index contributed by atoms with van der Waals surface area (Å²) in [4.78, 5) is 6.98. The van der Waals surface area contributed by atoms with Crippen LogP contribution in [0.4, 0.5) is 0 Å². The van der Waals surface area contributed by atoms with E-state index >= 15 is 0 Å². The second-order valence-corrected chi connectivity index (χ2v) is 8.19. The number of nitrogens with one attached hydrogen (secondary N) is 1. The zero-order valence-corrected chi connectivity index (χ0v) is 14.3. The number of pyridine rings is 1. The van der Waals surface area contributed by atoms with Crippen LogP contribution in [0.25, 0.3) is 0 Å². The predicted molar refractivity (Wildman–Crippen MR) is 87.7 cm³/mol. The molecule has 124 valence electrons. The zero-order valence-electron chi connectivity index (χ0n) is 13.5. The fourth-order valence-electron chi connectivity index (χ4n) is 3.15. The van der Waals surface area contributed by atoms with Crippen molar-refractivity contribution in [3.05, 3.63) is 41.5 Å².